The maximum atomic E-state index is 14.5. The van der Waals surface area contributed by atoms with E-state index in [-0.39, 0.29) is 41.6 Å². The highest BCUT2D eigenvalue weighted by molar-refractivity contribution is 6.74. The van der Waals surface area contributed by atoms with E-state index in [1.165, 1.54) is 7.11 Å². The van der Waals surface area contributed by atoms with Crippen LogP contribution in [0.5, 0.6) is 11.5 Å². The van der Waals surface area contributed by atoms with Crippen LogP contribution in [-0.2, 0) is 28.2 Å². The zero-order valence-corrected chi connectivity index (χ0v) is 33.6. The molecule has 282 valence electrons. The van der Waals surface area contributed by atoms with Gasteiger partial charge in [-0.15, -0.1) is 0 Å². The van der Waals surface area contributed by atoms with Crippen molar-refractivity contribution < 1.29 is 42.5 Å². The number of nitrogens with one attached hydrogen (secondary N) is 3. The van der Waals surface area contributed by atoms with Crippen molar-refractivity contribution in [2.45, 2.75) is 122 Å². The quantitative estimate of drug-likeness (QED) is 0.0937. The second-order valence-electron chi connectivity index (χ2n) is 15.2. The third-order valence-corrected chi connectivity index (χ3v) is 13.6. The molecule has 1 unspecified atom stereocenters. The summed E-state index contributed by atoms with van der Waals surface area (Å²) in [4.78, 5) is 41.9. The molecule has 1 aromatic carbocycles. The van der Waals surface area contributed by atoms with Crippen LogP contribution < -0.4 is 25.4 Å². The van der Waals surface area contributed by atoms with Crippen molar-refractivity contribution in [3.05, 3.63) is 47.5 Å². The van der Waals surface area contributed by atoms with Gasteiger partial charge in [-0.05, 0) is 82.4 Å². The minimum atomic E-state index is -2.71. The lowest BCUT2D eigenvalue weighted by atomic mass is 9.92. The lowest BCUT2D eigenvalue weighted by Gasteiger charge is -2.41. The zero-order valence-electron chi connectivity index (χ0n) is 31.8. The Morgan fingerprint density at radius 2 is 1.78 bits per heavy atom. The standard InChI is InChI=1S/C36H58ClN3O9Si/c1-15-17-46-30-24(37)18-23-19-25(30)47-36(11,16-2)26(20-45-21-44-12)38-31(41)27(22(3)4)39-32(42)28(40-33(43)48-34(5,6)7)29(23)49-50(13,14)35(8,9)10/h15,18-19,26-29H,1,3,16-17,20-21H2,2,4-14H3,(H,38,41)(H,39,42)(H,40,43)/t26-,27+,28?,29+,36-/m1/s1. The molecular weight excluding hydrogens is 682 g/mol. The van der Waals surface area contributed by atoms with Crippen LogP contribution in [0.25, 0.3) is 0 Å². The maximum Gasteiger partial charge on any atom is 0.408 e. The van der Waals surface area contributed by atoms with Crippen LogP contribution >= 0.6 is 11.6 Å². The van der Waals surface area contributed by atoms with Gasteiger partial charge in [0, 0.05) is 7.11 Å². The van der Waals surface area contributed by atoms with E-state index in [1.807, 2.05) is 26.9 Å². The second kappa shape index (κ2) is 17.4. The van der Waals surface area contributed by atoms with E-state index < -0.39 is 61.7 Å². The third kappa shape index (κ3) is 11.5. The summed E-state index contributed by atoms with van der Waals surface area (Å²) >= 11 is 6.96. The Kier molecular flexibility index (Phi) is 15.0. The fourth-order valence-corrected chi connectivity index (χ4v) is 6.34. The van der Waals surface area contributed by atoms with Crippen molar-refractivity contribution in [2.24, 2.45) is 0 Å². The normalized spacial score (nSPS) is 23.5. The van der Waals surface area contributed by atoms with Crippen molar-refractivity contribution in [3.8, 4) is 11.5 Å². The third-order valence-electron chi connectivity index (χ3n) is 8.82. The number of hydrogen-bond acceptors (Lipinski definition) is 9. The van der Waals surface area contributed by atoms with Gasteiger partial charge < -0.3 is 44.1 Å². The van der Waals surface area contributed by atoms with E-state index in [0.29, 0.717) is 17.6 Å². The van der Waals surface area contributed by atoms with Crippen LogP contribution in [0.1, 0.15) is 80.4 Å². The molecule has 2 bridgehead atoms. The SMILES string of the molecule is C=CCOc1c(Cl)cc2cc1O[C@](C)(CC)[C@@H](COCOC)NC(=O)[C@H](C(=C)C)NC(=O)C(NC(=O)OC(C)(C)C)[C@H]2O[Si](C)(C)C(C)(C)C. The molecule has 0 aromatic heterocycles. The second-order valence-corrected chi connectivity index (χ2v) is 20.4. The summed E-state index contributed by atoms with van der Waals surface area (Å²) < 4.78 is 36.2. The van der Waals surface area contributed by atoms with Crippen molar-refractivity contribution in [1.82, 2.24) is 16.0 Å². The number of hydrogen-bond donors (Lipinski definition) is 3. The number of rotatable bonds is 12. The number of methoxy groups -OCH3 is 1. The Morgan fingerprint density at radius 3 is 2.30 bits per heavy atom. The average Bonchev–Trinajstić information content (AvgIpc) is 2.98. The predicted octanol–water partition coefficient (Wildman–Crippen LogP) is 6.59. The first-order chi connectivity index (χ1) is 23.0. The topological polar surface area (TPSA) is 143 Å². The minimum absolute atomic E-state index is 0.00300. The number of carbonyl (C=O) groups excluding carboxylic acids is 3. The van der Waals surface area contributed by atoms with Gasteiger partial charge >= 0.3 is 6.09 Å². The fraction of sp³-hybridized carbons (Fsp3) is 0.639. The van der Waals surface area contributed by atoms with Crippen molar-refractivity contribution >= 4 is 37.8 Å². The fourth-order valence-electron chi connectivity index (χ4n) is 4.81. The molecule has 12 nitrogen and oxygen atoms in total. The molecule has 3 amide bonds. The molecule has 1 aromatic rings. The van der Waals surface area contributed by atoms with E-state index in [9.17, 15) is 14.4 Å². The van der Waals surface area contributed by atoms with Gasteiger partial charge in [-0.25, -0.2) is 4.79 Å². The molecule has 1 heterocycles. The van der Waals surface area contributed by atoms with Crippen molar-refractivity contribution in [2.75, 3.05) is 27.1 Å². The molecule has 0 spiro atoms. The Labute approximate surface area is 304 Å². The first-order valence-electron chi connectivity index (χ1n) is 16.8. The van der Waals surface area contributed by atoms with Gasteiger partial charge in [0.15, 0.2) is 19.8 Å². The van der Waals surface area contributed by atoms with Gasteiger partial charge in [-0.3, -0.25) is 9.59 Å². The average molecular weight is 740 g/mol. The molecule has 0 fully saturated rings. The van der Waals surface area contributed by atoms with Crippen LogP contribution in [0.2, 0.25) is 23.2 Å². The lowest BCUT2D eigenvalue weighted by Crippen LogP contribution is -2.61. The van der Waals surface area contributed by atoms with E-state index >= 15 is 0 Å². The Hall–Kier alpha value is -3.10. The number of halogens is 1. The number of carbonyl (C=O) groups is 3. The van der Waals surface area contributed by atoms with E-state index in [4.69, 9.17) is 39.7 Å². The minimum Gasteiger partial charge on any atom is -0.484 e. The number of amides is 3. The zero-order chi connectivity index (χ0) is 38.2. The molecule has 0 saturated carbocycles. The molecular formula is C36H58ClN3O9Si. The highest BCUT2D eigenvalue weighted by Gasteiger charge is 2.46. The Bertz CT molecular complexity index is 1390. The van der Waals surface area contributed by atoms with Gasteiger partial charge in [-0.2, -0.15) is 0 Å². The maximum absolute atomic E-state index is 14.5. The summed E-state index contributed by atoms with van der Waals surface area (Å²) in [5, 5.41) is 8.41. The molecule has 0 radical (unpaired) electrons. The Balaban J connectivity index is 3.04. The molecule has 1 aliphatic rings. The van der Waals surface area contributed by atoms with Gasteiger partial charge in [0.2, 0.25) is 11.8 Å². The van der Waals surface area contributed by atoms with Gasteiger partial charge in [-0.1, -0.05) is 58.5 Å². The largest absolute Gasteiger partial charge is 0.484 e. The highest BCUT2D eigenvalue weighted by Crippen LogP contribution is 2.45. The molecule has 50 heavy (non-hydrogen) atoms. The number of fused-ring (bicyclic) bond motifs is 2. The van der Waals surface area contributed by atoms with E-state index in [0.717, 1.165) is 0 Å². The molecule has 0 saturated heterocycles. The van der Waals surface area contributed by atoms with Crippen LogP contribution in [0.4, 0.5) is 4.79 Å². The Morgan fingerprint density at radius 1 is 1.14 bits per heavy atom. The molecule has 2 rings (SSSR count). The van der Waals surface area contributed by atoms with Crippen LogP contribution in [0, 0.1) is 0 Å². The van der Waals surface area contributed by atoms with Gasteiger partial charge in [0.1, 0.15) is 42.8 Å². The summed E-state index contributed by atoms with van der Waals surface area (Å²) in [6.07, 6.45) is -0.0124. The van der Waals surface area contributed by atoms with E-state index in [2.05, 4.69) is 49.9 Å². The van der Waals surface area contributed by atoms with Crippen LogP contribution in [0.3, 0.4) is 0 Å². The summed E-state index contributed by atoms with van der Waals surface area (Å²) in [5.74, 6) is -0.830. The summed E-state index contributed by atoms with van der Waals surface area (Å²) in [6, 6.07) is -0.0561. The van der Waals surface area contributed by atoms with Gasteiger partial charge in [0.05, 0.1) is 17.7 Å². The van der Waals surface area contributed by atoms with Gasteiger partial charge in [0.25, 0.3) is 0 Å². The van der Waals surface area contributed by atoms with Crippen molar-refractivity contribution in [3.63, 3.8) is 0 Å². The van der Waals surface area contributed by atoms with Crippen LogP contribution in [0.15, 0.2) is 36.9 Å². The predicted molar refractivity (Wildman–Crippen MR) is 197 cm³/mol. The number of benzene rings is 1. The molecule has 1 aliphatic heterocycles. The molecule has 14 heteroatoms. The number of ether oxygens (including phenoxy) is 5. The van der Waals surface area contributed by atoms with Crippen molar-refractivity contribution in [1.29, 1.82) is 0 Å². The lowest BCUT2D eigenvalue weighted by molar-refractivity contribution is -0.132. The summed E-state index contributed by atoms with van der Waals surface area (Å²) in [7, 11) is -1.21. The molecule has 5 atom stereocenters. The van der Waals surface area contributed by atoms with E-state index in [1.54, 1.807) is 45.9 Å². The highest BCUT2D eigenvalue weighted by atomic mass is 35.5. The smallest absolute Gasteiger partial charge is 0.408 e. The molecule has 3 N–H and O–H groups in total. The summed E-state index contributed by atoms with van der Waals surface area (Å²) in [5.41, 5.74) is -1.21. The number of alkyl carbamates (subject to hydrolysis) is 1. The monoisotopic (exact) mass is 739 g/mol. The van der Waals surface area contributed by atoms with Crippen LogP contribution in [-0.4, -0.2) is 82.7 Å². The molecule has 0 aliphatic carbocycles. The first kappa shape index (κ1) is 43.1. The summed E-state index contributed by atoms with van der Waals surface area (Å²) in [6.45, 7) is 28.6. The first-order valence-corrected chi connectivity index (χ1v) is 20.0.